The van der Waals surface area contributed by atoms with Gasteiger partial charge < -0.3 is 18.9 Å². The summed E-state index contributed by atoms with van der Waals surface area (Å²) in [4.78, 5) is 32.9. The van der Waals surface area contributed by atoms with Crippen molar-refractivity contribution in [3.63, 3.8) is 0 Å². The number of carbonyl (C=O) groups excluding carboxylic acids is 2. The van der Waals surface area contributed by atoms with E-state index in [2.05, 4.69) is 4.98 Å². The summed E-state index contributed by atoms with van der Waals surface area (Å²) in [6, 6.07) is 10.7. The minimum Gasteiger partial charge on any atom is -0.450 e. The molecule has 1 aliphatic heterocycles. The highest BCUT2D eigenvalue weighted by molar-refractivity contribution is 5.78. The highest BCUT2D eigenvalue weighted by Gasteiger charge is 2.33. The minimum atomic E-state index is -4.50. The maximum Gasteiger partial charge on any atom is 0.416 e. The van der Waals surface area contributed by atoms with Crippen LogP contribution in [-0.2, 0) is 15.7 Å². The van der Waals surface area contributed by atoms with E-state index in [9.17, 15) is 22.8 Å². The Bertz CT molecular complexity index is 1220. The van der Waals surface area contributed by atoms with Gasteiger partial charge in [0.2, 0.25) is 5.91 Å². The van der Waals surface area contributed by atoms with E-state index >= 15 is 0 Å². The number of alkyl halides is 3. The number of amides is 2. The summed E-state index contributed by atoms with van der Waals surface area (Å²) in [7, 11) is 0. The van der Waals surface area contributed by atoms with E-state index in [1.54, 1.807) is 29.0 Å². The first-order valence-corrected chi connectivity index (χ1v) is 11.5. The normalized spacial score (nSPS) is 15.3. The number of imidazole rings is 1. The molecule has 7 nitrogen and oxygen atoms in total. The molecule has 1 fully saturated rings. The highest BCUT2D eigenvalue weighted by Crippen LogP contribution is 2.35. The van der Waals surface area contributed by atoms with E-state index < -0.39 is 23.8 Å². The summed E-state index contributed by atoms with van der Waals surface area (Å²) in [6.45, 7) is 5.24. The van der Waals surface area contributed by atoms with Crippen LogP contribution in [0.15, 0.2) is 48.7 Å². The van der Waals surface area contributed by atoms with Gasteiger partial charge in [-0.05, 0) is 37.6 Å². The number of hydrogen-bond acceptors (Lipinski definition) is 4. The fourth-order valence-electron chi connectivity index (χ4n) is 4.46. The van der Waals surface area contributed by atoms with E-state index in [0.29, 0.717) is 43.1 Å². The first-order valence-electron chi connectivity index (χ1n) is 11.5. The molecule has 186 valence electrons. The number of halogens is 3. The monoisotopic (exact) mass is 488 g/mol. The molecule has 10 heteroatoms. The average Bonchev–Trinajstić information content (AvgIpc) is 3.27. The largest absolute Gasteiger partial charge is 0.450 e. The molecule has 4 rings (SSSR count). The molecule has 0 bridgehead atoms. The van der Waals surface area contributed by atoms with Gasteiger partial charge in [0.05, 0.1) is 17.9 Å². The topological polar surface area (TPSA) is 67.2 Å². The summed E-state index contributed by atoms with van der Waals surface area (Å²) in [5, 5.41) is 0. The lowest BCUT2D eigenvalue weighted by atomic mass is 9.90. The van der Waals surface area contributed by atoms with Gasteiger partial charge in [-0.3, -0.25) is 4.79 Å². The second kappa shape index (κ2) is 9.97. The third-order valence-corrected chi connectivity index (χ3v) is 6.26. The second-order valence-electron chi connectivity index (χ2n) is 8.49. The van der Waals surface area contributed by atoms with Gasteiger partial charge >= 0.3 is 12.3 Å². The highest BCUT2D eigenvalue weighted by atomic mass is 19.4. The first kappa shape index (κ1) is 24.6. The van der Waals surface area contributed by atoms with E-state index in [0.717, 1.165) is 17.8 Å². The molecular formula is C25H27F3N4O3. The van der Waals surface area contributed by atoms with Gasteiger partial charge in [0.1, 0.15) is 5.65 Å². The van der Waals surface area contributed by atoms with Crippen molar-refractivity contribution in [2.45, 2.75) is 32.4 Å². The van der Waals surface area contributed by atoms with Crippen molar-refractivity contribution in [3.05, 3.63) is 71.2 Å². The van der Waals surface area contributed by atoms with Gasteiger partial charge in [0.15, 0.2) is 0 Å². The van der Waals surface area contributed by atoms with Crippen molar-refractivity contribution in [1.82, 2.24) is 19.2 Å². The van der Waals surface area contributed by atoms with Crippen LogP contribution in [0.25, 0.3) is 5.65 Å². The molecule has 2 amide bonds. The quantitative estimate of drug-likeness (QED) is 0.531. The van der Waals surface area contributed by atoms with Crippen LogP contribution in [0.3, 0.4) is 0 Å². The zero-order chi connectivity index (χ0) is 25.2. The van der Waals surface area contributed by atoms with Crippen LogP contribution in [0.5, 0.6) is 0 Å². The predicted octanol–water partition coefficient (Wildman–Crippen LogP) is 4.48. The molecule has 0 spiro atoms. The van der Waals surface area contributed by atoms with Gasteiger partial charge in [0, 0.05) is 50.4 Å². The average molecular weight is 489 g/mol. The number of fused-ring (bicyclic) bond motifs is 1. The number of pyridine rings is 1. The fraction of sp³-hybridized carbons (Fsp3) is 0.400. The van der Waals surface area contributed by atoms with E-state index in [-0.39, 0.29) is 18.9 Å². The number of benzene rings is 1. The van der Waals surface area contributed by atoms with Crippen molar-refractivity contribution >= 4 is 17.6 Å². The third-order valence-electron chi connectivity index (χ3n) is 6.26. The molecule has 0 saturated carbocycles. The summed E-state index contributed by atoms with van der Waals surface area (Å²) < 4.78 is 47.3. The van der Waals surface area contributed by atoms with Gasteiger partial charge in [-0.1, -0.05) is 24.3 Å². The summed E-state index contributed by atoms with van der Waals surface area (Å²) in [5.74, 6) is -0.830. The zero-order valence-corrected chi connectivity index (χ0v) is 19.6. The number of carbonyl (C=O) groups is 2. The Morgan fingerprint density at radius 3 is 2.43 bits per heavy atom. The van der Waals surface area contributed by atoms with Crippen LogP contribution in [0.2, 0.25) is 0 Å². The van der Waals surface area contributed by atoms with E-state index in [4.69, 9.17) is 4.74 Å². The predicted molar refractivity (Wildman–Crippen MR) is 123 cm³/mol. The van der Waals surface area contributed by atoms with Crippen LogP contribution in [0.1, 0.15) is 41.8 Å². The van der Waals surface area contributed by atoms with Crippen molar-refractivity contribution in [2.24, 2.45) is 0 Å². The summed E-state index contributed by atoms with van der Waals surface area (Å²) in [5.41, 5.74) is 1.80. The van der Waals surface area contributed by atoms with Crippen LogP contribution in [0, 0.1) is 6.92 Å². The van der Waals surface area contributed by atoms with Crippen molar-refractivity contribution in [2.75, 3.05) is 32.8 Å². The first-order chi connectivity index (χ1) is 16.7. The molecule has 1 unspecified atom stereocenters. The Kier molecular flexibility index (Phi) is 7.00. The summed E-state index contributed by atoms with van der Waals surface area (Å²) >= 11 is 0. The number of hydrogen-bond donors (Lipinski definition) is 0. The van der Waals surface area contributed by atoms with Crippen LogP contribution >= 0.6 is 0 Å². The SMILES string of the molecule is CCOC(=O)N1CCN(C(=O)CC(c2cccc(C(F)(F)F)c2)c2cnc3cccc(C)n23)CC1. The Labute approximate surface area is 201 Å². The van der Waals surface area contributed by atoms with Gasteiger partial charge in [-0.25, -0.2) is 9.78 Å². The Morgan fingerprint density at radius 2 is 1.74 bits per heavy atom. The molecule has 1 saturated heterocycles. The number of nitrogens with zero attached hydrogens (tertiary/aromatic N) is 4. The molecule has 0 N–H and O–H groups in total. The molecule has 0 aliphatic carbocycles. The number of rotatable bonds is 5. The van der Waals surface area contributed by atoms with Gasteiger partial charge in [0.25, 0.3) is 0 Å². The summed E-state index contributed by atoms with van der Waals surface area (Å²) in [6.07, 6.45) is -3.31. The fourth-order valence-corrected chi connectivity index (χ4v) is 4.46. The smallest absolute Gasteiger partial charge is 0.416 e. The molecule has 3 heterocycles. The number of aryl methyl sites for hydroxylation is 1. The molecule has 1 aliphatic rings. The van der Waals surface area contributed by atoms with Crippen LogP contribution < -0.4 is 0 Å². The van der Waals surface area contributed by atoms with Crippen molar-refractivity contribution < 1.29 is 27.5 Å². The number of aromatic nitrogens is 2. The third kappa shape index (κ3) is 5.26. The maximum atomic E-state index is 13.5. The van der Waals surface area contributed by atoms with E-state index in [1.165, 1.54) is 6.07 Å². The van der Waals surface area contributed by atoms with Crippen LogP contribution in [-0.4, -0.2) is 64.0 Å². The Balaban J connectivity index is 1.63. The second-order valence-corrected chi connectivity index (χ2v) is 8.49. The Hall–Kier alpha value is -3.56. The maximum absolute atomic E-state index is 13.5. The lowest BCUT2D eigenvalue weighted by Gasteiger charge is -2.34. The molecule has 1 atom stereocenters. The Morgan fingerprint density at radius 1 is 1.06 bits per heavy atom. The molecule has 1 aromatic carbocycles. The van der Waals surface area contributed by atoms with Crippen LogP contribution in [0.4, 0.5) is 18.0 Å². The molecule has 3 aromatic rings. The van der Waals surface area contributed by atoms with Gasteiger partial charge in [-0.15, -0.1) is 0 Å². The lowest BCUT2D eigenvalue weighted by Crippen LogP contribution is -2.51. The molecular weight excluding hydrogens is 461 g/mol. The van der Waals surface area contributed by atoms with Gasteiger partial charge in [-0.2, -0.15) is 13.2 Å². The molecule has 0 radical (unpaired) electrons. The standard InChI is InChI=1S/C25H27F3N4O3/c1-3-35-24(34)31-12-10-30(11-13-31)23(33)15-20(18-7-5-8-19(14-18)25(26,27)28)21-16-29-22-9-4-6-17(2)32(21)22/h4-9,14,16,20H,3,10-13,15H2,1-2H3. The van der Waals surface area contributed by atoms with E-state index in [1.807, 2.05) is 29.5 Å². The lowest BCUT2D eigenvalue weighted by molar-refractivity contribution is -0.137. The minimum absolute atomic E-state index is 0.0250. The van der Waals surface area contributed by atoms with Crippen molar-refractivity contribution in [1.29, 1.82) is 0 Å². The molecule has 2 aromatic heterocycles. The van der Waals surface area contributed by atoms with Crippen molar-refractivity contribution in [3.8, 4) is 0 Å². The molecule has 35 heavy (non-hydrogen) atoms. The zero-order valence-electron chi connectivity index (χ0n) is 19.6. The number of ether oxygens (including phenoxy) is 1. The number of piperazine rings is 1.